The van der Waals surface area contributed by atoms with Crippen LogP contribution in [0.3, 0.4) is 0 Å². The van der Waals surface area contributed by atoms with Crippen molar-refractivity contribution in [2.75, 3.05) is 38.5 Å². The Hall–Kier alpha value is -0.130. The Kier molecular flexibility index (Phi) is 16.4. The number of quaternary nitrogens is 1. The molecular weight excluding hydrogens is 431 g/mol. The van der Waals surface area contributed by atoms with Gasteiger partial charge in [0.05, 0.1) is 29.0 Å². The minimum atomic E-state index is -4.58. The standard InChI is InChI=1S/C21H38N2O6S.Na/c1-2-3-4-5-6-7-8-9-10-11-12-20(26)21-22-13-14-23(21,15-16-24)17-19(25)18-30(27,28)29;/h8-9,19,24-25H,2-7,10-18H2,1H3;/q;+1/b9-8+;. The molecule has 174 valence electrons. The Labute approximate surface area is 209 Å². The molecule has 0 saturated carbocycles. The second-order valence-corrected chi connectivity index (χ2v) is 9.52. The van der Waals surface area contributed by atoms with Gasteiger partial charge in [0.2, 0.25) is 5.78 Å². The fraction of sp³-hybridized carbons (Fsp3) is 0.810. The van der Waals surface area contributed by atoms with Gasteiger partial charge in [0, 0.05) is 6.42 Å². The van der Waals surface area contributed by atoms with Gasteiger partial charge < -0.3 is 14.8 Å². The number of aliphatic imine (C=N–C) groups is 1. The predicted octanol–water partition coefficient (Wildman–Crippen LogP) is -1.23. The molecule has 0 saturated heterocycles. The molecular formula is C21H38N2NaO6S+. The van der Waals surface area contributed by atoms with E-state index in [2.05, 4.69) is 24.1 Å². The van der Waals surface area contributed by atoms with Crippen LogP contribution in [0.5, 0.6) is 0 Å². The number of carbonyl (C=O) groups is 1. The van der Waals surface area contributed by atoms with Gasteiger partial charge in [-0.3, -0.25) is 9.28 Å². The van der Waals surface area contributed by atoms with Crippen LogP contribution in [0.15, 0.2) is 17.1 Å². The Bertz CT molecular complexity index is 683. The third kappa shape index (κ3) is 12.6. The Morgan fingerprint density at radius 3 is 2.45 bits per heavy atom. The molecule has 31 heavy (non-hydrogen) atoms. The number of unbranched alkanes of at least 4 members (excludes halogenated alkanes) is 6. The van der Waals surface area contributed by atoms with Crippen molar-refractivity contribution in [3.63, 3.8) is 0 Å². The molecule has 0 bridgehead atoms. The monoisotopic (exact) mass is 469 g/mol. The molecule has 2 atom stereocenters. The zero-order chi connectivity index (χ0) is 22.5. The summed E-state index contributed by atoms with van der Waals surface area (Å²) in [5.41, 5.74) is 0. The maximum Gasteiger partial charge on any atom is 1.00 e. The SMILES string of the molecule is CCCCCCC/C=C/CCCC(=O)C1=NCC[N+]1(CCO)CC(O)CS(=O)(=O)[O-].[Na+]. The van der Waals surface area contributed by atoms with E-state index >= 15 is 0 Å². The Morgan fingerprint density at radius 1 is 1.19 bits per heavy atom. The summed E-state index contributed by atoms with van der Waals surface area (Å²) < 4.78 is 32.7. The third-order valence-electron chi connectivity index (χ3n) is 5.39. The topological polar surface area (TPSA) is 127 Å². The summed E-state index contributed by atoms with van der Waals surface area (Å²) in [6, 6.07) is 0. The average Bonchev–Trinajstić information content (AvgIpc) is 3.04. The summed E-state index contributed by atoms with van der Waals surface area (Å²) in [7, 11) is -4.58. The van der Waals surface area contributed by atoms with Crippen LogP contribution < -0.4 is 29.6 Å². The fourth-order valence-electron chi connectivity index (χ4n) is 3.92. The minimum Gasteiger partial charge on any atom is -0.748 e. The van der Waals surface area contributed by atoms with Crippen molar-refractivity contribution in [3.8, 4) is 0 Å². The first-order valence-corrected chi connectivity index (χ1v) is 12.6. The van der Waals surface area contributed by atoms with Crippen molar-refractivity contribution in [1.29, 1.82) is 0 Å². The maximum absolute atomic E-state index is 12.7. The van der Waals surface area contributed by atoms with Gasteiger partial charge in [-0.25, -0.2) is 13.4 Å². The van der Waals surface area contributed by atoms with E-state index in [0.29, 0.717) is 25.9 Å². The van der Waals surface area contributed by atoms with Crippen molar-refractivity contribution < 1.29 is 62.0 Å². The van der Waals surface area contributed by atoms with E-state index in [1.54, 1.807) is 0 Å². The van der Waals surface area contributed by atoms with Crippen LogP contribution in [0.4, 0.5) is 0 Å². The largest absolute Gasteiger partial charge is 1.00 e. The van der Waals surface area contributed by atoms with Gasteiger partial charge in [0.25, 0.3) is 5.84 Å². The van der Waals surface area contributed by atoms with Gasteiger partial charge >= 0.3 is 29.6 Å². The van der Waals surface area contributed by atoms with Gasteiger partial charge in [-0.15, -0.1) is 0 Å². The van der Waals surface area contributed by atoms with Crippen molar-refractivity contribution in [2.45, 2.75) is 70.8 Å². The molecule has 2 unspecified atom stereocenters. The molecule has 0 spiro atoms. The molecule has 2 N–H and O–H groups in total. The summed E-state index contributed by atoms with van der Waals surface area (Å²) >= 11 is 0. The van der Waals surface area contributed by atoms with Gasteiger partial charge in [-0.2, -0.15) is 0 Å². The number of aliphatic hydroxyl groups is 2. The Morgan fingerprint density at radius 2 is 1.84 bits per heavy atom. The van der Waals surface area contributed by atoms with Gasteiger partial charge in [-0.1, -0.05) is 44.8 Å². The molecule has 8 nitrogen and oxygen atoms in total. The molecule has 1 aliphatic rings. The predicted molar refractivity (Wildman–Crippen MR) is 116 cm³/mol. The second-order valence-electron chi connectivity index (χ2n) is 8.07. The van der Waals surface area contributed by atoms with E-state index in [4.69, 9.17) is 0 Å². The minimum absolute atomic E-state index is 0. The van der Waals surface area contributed by atoms with E-state index in [-0.39, 0.29) is 65.4 Å². The molecule has 10 heteroatoms. The van der Waals surface area contributed by atoms with Crippen LogP contribution in [-0.2, 0) is 14.9 Å². The number of hydrogen-bond donors (Lipinski definition) is 2. The summed E-state index contributed by atoms with van der Waals surface area (Å²) in [5, 5.41) is 19.5. The summed E-state index contributed by atoms with van der Waals surface area (Å²) in [6.45, 7) is 2.77. The number of carbonyl (C=O) groups excluding carboxylic acids is 1. The number of Topliss-reactive ketones (excluding diaryl/α,β-unsaturated/α-hetero) is 1. The van der Waals surface area contributed by atoms with Crippen LogP contribution in [0.1, 0.15) is 64.7 Å². The first kappa shape index (κ1) is 30.9. The molecule has 0 aliphatic carbocycles. The van der Waals surface area contributed by atoms with Crippen LogP contribution in [0.2, 0.25) is 0 Å². The van der Waals surface area contributed by atoms with Crippen molar-refractivity contribution in [3.05, 3.63) is 12.2 Å². The molecule has 0 aromatic carbocycles. The third-order valence-corrected chi connectivity index (χ3v) is 6.18. The van der Waals surface area contributed by atoms with Crippen LogP contribution in [-0.4, -0.2) is 83.9 Å². The Balaban J connectivity index is 0.00000900. The van der Waals surface area contributed by atoms with Crippen LogP contribution in [0, 0.1) is 0 Å². The molecule has 1 aliphatic heterocycles. The molecule has 0 aromatic heterocycles. The van der Waals surface area contributed by atoms with Crippen LogP contribution in [0.25, 0.3) is 0 Å². The van der Waals surface area contributed by atoms with Gasteiger partial charge in [0.15, 0.2) is 0 Å². The van der Waals surface area contributed by atoms with E-state index in [1.807, 2.05) is 0 Å². The molecule has 1 heterocycles. The van der Waals surface area contributed by atoms with E-state index < -0.39 is 22.0 Å². The number of ketones is 1. The fourth-order valence-corrected chi connectivity index (χ4v) is 4.50. The zero-order valence-electron chi connectivity index (χ0n) is 19.2. The molecule has 1 rings (SSSR count). The van der Waals surface area contributed by atoms with Crippen LogP contribution >= 0.6 is 0 Å². The first-order chi connectivity index (χ1) is 14.2. The summed E-state index contributed by atoms with van der Waals surface area (Å²) in [5.74, 6) is -0.791. The van der Waals surface area contributed by atoms with E-state index in [0.717, 1.165) is 12.8 Å². The molecule has 0 aromatic rings. The smallest absolute Gasteiger partial charge is 0.748 e. The van der Waals surface area contributed by atoms with Crippen molar-refractivity contribution >= 4 is 21.7 Å². The van der Waals surface area contributed by atoms with Gasteiger partial charge in [0.1, 0.15) is 25.7 Å². The number of hydrogen-bond acceptors (Lipinski definition) is 7. The molecule has 0 fully saturated rings. The van der Waals surface area contributed by atoms with E-state index in [1.165, 1.54) is 32.1 Å². The van der Waals surface area contributed by atoms with Crippen molar-refractivity contribution in [1.82, 2.24) is 0 Å². The number of nitrogens with zero attached hydrogens (tertiary/aromatic N) is 2. The second kappa shape index (κ2) is 16.5. The quantitative estimate of drug-likeness (QED) is 0.0903. The average molecular weight is 470 g/mol. The number of rotatable bonds is 17. The van der Waals surface area contributed by atoms with E-state index in [9.17, 15) is 28.0 Å². The first-order valence-electron chi connectivity index (χ1n) is 11.1. The number of amidine groups is 1. The molecule has 0 radical (unpaired) electrons. The zero-order valence-corrected chi connectivity index (χ0v) is 22.0. The molecule has 0 amide bonds. The van der Waals surface area contributed by atoms with Gasteiger partial charge in [-0.05, 0) is 25.7 Å². The normalized spacial score (nSPS) is 19.9. The van der Waals surface area contributed by atoms with Crippen molar-refractivity contribution in [2.24, 2.45) is 4.99 Å². The maximum atomic E-state index is 12.7. The summed E-state index contributed by atoms with van der Waals surface area (Å²) in [6.07, 6.45) is 11.9. The number of aliphatic hydroxyl groups excluding tert-OH is 2. The number of allylic oxidation sites excluding steroid dienone is 2. The summed E-state index contributed by atoms with van der Waals surface area (Å²) in [4.78, 5) is 17.0.